The van der Waals surface area contributed by atoms with E-state index in [2.05, 4.69) is 49.6 Å². The summed E-state index contributed by atoms with van der Waals surface area (Å²) in [6.07, 6.45) is 5.85. The lowest BCUT2D eigenvalue weighted by Gasteiger charge is -2.31. The van der Waals surface area contributed by atoms with Gasteiger partial charge < -0.3 is 16.5 Å². The maximum Gasteiger partial charge on any atom is 0.150 e. The standard InChI is InChI=1S/C26H27N7/c27-20-6-3-4-17(14-20)16-32-11-8-18(9-12-32)26-31-23(24-25(28)29-10-13-33(24)26)22-15-19-5-1-2-7-21(19)30-22/h1-7,10,13-15,18,30H,8-9,11-12,16,27H2,(H2,28,29). The summed E-state index contributed by atoms with van der Waals surface area (Å²) in [6, 6.07) is 18.6. The van der Waals surface area contributed by atoms with Gasteiger partial charge in [-0.05, 0) is 55.8 Å². The predicted molar refractivity (Wildman–Crippen MR) is 133 cm³/mol. The van der Waals surface area contributed by atoms with E-state index in [1.807, 2.05) is 30.5 Å². The lowest BCUT2D eigenvalue weighted by atomic mass is 9.95. The lowest BCUT2D eigenvalue weighted by Crippen LogP contribution is -2.33. The number of fused-ring (bicyclic) bond motifs is 2. The Morgan fingerprint density at radius 2 is 1.85 bits per heavy atom. The van der Waals surface area contributed by atoms with Crippen LogP contribution in [0, 0.1) is 0 Å². The molecular formula is C26H27N7. The molecule has 33 heavy (non-hydrogen) atoms. The quantitative estimate of drug-likeness (QED) is 0.361. The van der Waals surface area contributed by atoms with Crippen molar-refractivity contribution in [1.29, 1.82) is 0 Å². The fraction of sp³-hybridized carbons (Fsp3) is 0.231. The molecule has 0 amide bonds. The molecule has 6 rings (SSSR count). The summed E-state index contributed by atoms with van der Waals surface area (Å²) in [4.78, 5) is 15.5. The molecule has 2 aromatic carbocycles. The normalized spacial score (nSPS) is 15.5. The van der Waals surface area contributed by atoms with Crippen LogP contribution in [0.1, 0.15) is 30.1 Å². The van der Waals surface area contributed by atoms with Crippen LogP contribution < -0.4 is 11.5 Å². The van der Waals surface area contributed by atoms with E-state index in [-0.39, 0.29) is 0 Å². The number of hydrogen-bond donors (Lipinski definition) is 3. The third-order valence-corrected chi connectivity index (χ3v) is 6.71. The molecular weight excluding hydrogens is 410 g/mol. The van der Waals surface area contributed by atoms with E-state index < -0.39 is 0 Å². The Labute approximate surface area is 192 Å². The molecule has 0 aliphatic carbocycles. The molecule has 0 bridgehead atoms. The number of likely N-dealkylation sites (tertiary alicyclic amines) is 1. The van der Waals surface area contributed by atoms with Crippen LogP contribution in [0.15, 0.2) is 67.0 Å². The van der Waals surface area contributed by atoms with Crippen molar-refractivity contribution >= 4 is 27.9 Å². The third-order valence-electron chi connectivity index (χ3n) is 6.71. The molecule has 3 aromatic heterocycles. The van der Waals surface area contributed by atoms with Crippen LogP contribution in [0.3, 0.4) is 0 Å². The van der Waals surface area contributed by atoms with Gasteiger partial charge >= 0.3 is 0 Å². The first kappa shape index (κ1) is 19.8. The monoisotopic (exact) mass is 437 g/mol. The second-order valence-electron chi connectivity index (χ2n) is 8.92. The molecule has 1 saturated heterocycles. The number of benzene rings is 2. The number of hydrogen-bond acceptors (Lipinski definition) is 5. The average Bonchev–Trinajstić information content (AvgIpc) is 3.42. The summed E-state index contributed by atoms with van der Waals surface area (Å²) in [6.45, 7) is 2.98. The molecule has 7 nitrogen and oxygen atoms in total. The highest BCUT2D eigenvalue weighted by Crippen LogP contribution is 2.35. The third kappa shape index (κ3) is 3.60. The highest BCUT2D eigenvalue weighted by molar-refractivity contribution is 5.91. The van der Waals surface area contributed by atoms with Gasteiger partial charge in [-0.2, -0.15) is 0 Å². The van der Waals surface area contributed by atoms with Crippen LogP contribution in [-0.2, 0) is 6.54 Å². The molecule has 0 atom stereocenters. The molecule has 0 spiro atoms. The van der Waals surface area contributed by atoms with Crippen LogP contribution in [-0.4, -0.2) is 37.3 Å². The van der Waals surface area contributed by atoms with Crippen molar-refractivity contribution in [2.45, 2.75) is 25.3 Å². The van der Waals surface area contributed by atoms with Gasteiger partial charge in [0.2, 0.25) is 0 Å². The number of rotatable bonds is 4. The van der Waals surface area contributed by atoms with Crippen LogP contribution in [0.4, 0.5) is 11.5 Å². The molecule has 1 aliphatic heterocycles. The molecule has 1 aliphatic rings. The van der Waals surface area contributed by atoms with Crippen molar-refractivity contribution < 1.29 is 0 Å². The average molecular weight is 438 g/mol. The summed E-state index contributed by atoms with van der Waals surface area (Å²) in [5, 5.41) is 1.16. The summed E-state index contributed by atoms with van der Waals surface area (Å²) in [5.41, 5.74) is 18.2. The first-order chi connectivity index (χ1) is 16.2. The number of H-pyrrole nitrogens is 1. The van der Waals surface area contributed by atoms with E-state index in [1.54, 1.807) is 6.20 Å². The van der Waals surface area contributed by atoms with Gasteiger partial charge in [0.05, 0.1) is 5.69 Å². The Balaban J connectivity index is 1.30. The van der Waals surface area contributed by atoms with Crippen molar-refractivity contribution in [3.63, 3.8) is 0 Å². The number of anilines is 2. The number of aromatic nitrogens is 4. The zero-order valence-corrected chi connectivity index (χ0v) is 18.4. The van der Waals surface area contributed by atoms with Crippen molar-refractivity contribution in [2.75, 3.05) is 24.6 Å². The minimum Gasteiger partial charge on any atom is -0.399 e. The molecule has 0 unspecified atom stereocenters. The molecule has 0 radical (unpaired) electrons. The number of nitrogen functional groups attached to an aromatic ring is 2. The maximum atomic E-state index is 6.35. The van der Waals surface area contributed by atoms with E-state index >= 15 is 0 Å². The number of aromatic amines is 1. The van der Waals surface area contributed by atoms with Crippen molar-refractivity contribution in [3.05, 3.63) is 78.4 Å². The minimum atomic E-state index is 0.370. The van der Waals surface area contributed by atoms with E-state index in [4.69, 9.17) is 16.5 Å². The van der Waals surface area contributed by atoms with Gasteiger partial charge in [-0.3, -0.25) is 9.30 Å². The Bertz CT molecular complexity index is 1410. The van der Waals surface area contributed by atoms with Crippen molar-refractivity contribution in [3.8, 4) is 11.4 Å². The zero-order valence-electron chi connectivity index (χ0n) is 18.4. The number of para-hydroxylation sites is 1. The Kier molecular flexibility index (Phi) is 4.77. The highest BCUT2D eigenvalue weighted by Gasteiger charge is 2.27. The van der Waals surface area contributed by atoms with Crippen LogP contribution >= 0.6 is 0 Å². The first-order valence-electron chi connectivity index (χ1n) is 11.4. The smallest absolute Gasteiger partial charge is 0.150 e. The molecule has 0 saturated carbocycles. The molecule has 1 fully saturated rings. The SMILES string of the molecule is Nc1cccc(CN2CCC(c3nc(-c4cc5ccccc5[nH]4)c4c(N)nccn34)CC2)c1. The number of nitrogens with zero attached hydrogens (tertiary/aromatic N) is 4. The fourth-order valence-corrected chi connectivity index (χ4v) is 5.06. The molecule has 5 N–H and O–H groups in total. The largest absolute Gasteiger partial charge is 0.399 e. The van der Waals surface area contributed by atoms with Gasteiger partial charge in [0.1, 0.15) is 22.9 Å². The topological polar surface area (TPSA) is 101 Å². The number of nitrogens with one attached hydrogen (secondary N) is 1. The van der Waals surface area contributed by atoms with Gasteiger partial charge in [0, 0.05) is 41.4 Å². The fourth-order valence-electron chi connectivity index (χ4n) is 5.06. The first-order valence-corrected chi connectivity index (χ1v) is 11.4. The second kappa shape index (κ2) is 7.94. The maximum absolute atomic E-state index is 6.35. The van der Waals surface area contributed by atoms with Crippen molar-refractivity contribution in [1.82, 2.24) is 24.3 Å². The number of imidazole rings is 1. The lowest BCUT2D eigenvalue weighted by molar-refractivity contribution is 0.201. The number of piperidine rings is 1. The van der Waals surface area contributed by atoms with E-state index in [0.717, 1.165) is 71.8 Å². The molecule has 7 heteroatoms. The summed E-state index contributed by atoms with van der Waals surface area (Å²) >= 11 is 0. The van der Waals surface area contributed by atoms with E-state index in [9.17, 15) is 0 Å². The van der Waals surface area contributed by atoms with Crippen molar-refractivity contribution in [2.24, 2.45) is 0 Å². The van der Waals surface area contributed by atoms with Crippen LogP contribution in [0.2, 0.25) is 0 Å². The minimum absolute atomic E-state index is 0.370. The summed E-state index contributed by atoms with van der Waals surface area (Å²) < 4.78 is 2.14. The molecule has 166 valence electrons. The van der Waals surface area contributed by atoms with E-state index in [0.29, 0.717) is 11.7 Å². The Morgan fingerprint density at radius 3 is 2.67 bits per heavy atom. The second-order valence-corrected chi connectivity index (χ2v) is 8.92. The van der Waals surface area contributed by atoms with Gasteiger partial charge in [-0.1, -0.05) is 30.3 Å². The Morgan fingerprint density at radius 1 is 1.00 bits per heavy atom. The van der Waals surface area contributed by atoms with Gasteiger partial charge in [-0.25, -0.2) is 9.97 Å². The van der Waals surface area contributed by atoms with Gasteiger partial charge in [0.15, 0.2) is 0 Å². The van der Waals surface area contributed by atoms with Crippen LogP contribution in [0.5, 0.6) is 0 Å². The van der Waals surface area contributed by atoms with Crippen LogP contribution in [0.25, 0.3) is 27.8 Å². The van der Waals surface area contributed by atoms with E-state index in [1.165, 1.54) is 5.56 Å². The molecule has 4 heterocycles. The zero-order chi connectivity index (χ0) is 22.4. The predicted octanol–water partition coefficient (Wildman–Crippen LogP) is 4.42. The summed E-state index contributed by atoms with van der Waals surface area (Å²) in [7, 11) is 0. The summed E-state index contributed by atoms with van der Waals surface area (Å²) in [5.74, 6) is 1.94. The van der Waals surface area contributed by atoms with Gasteiger partial charge in [0.25, 0.3) is 0 Å². The van der Waals surface area contributed by atoms with Gasteiger partial charge in [-0.15, -0.1) is 0 Å². The molecule has 5 aromatic rings. The number of nitrogens with two attached hydrogens (primary N) is 2. The Hall–Kier alpha value is -3.84. The highest BCUT2D eigenvalue weighted by atomic mass is 15.1.